The van der Waals surface area contributed by atoms with Crippen molar-refractivity contribution in [2.45, 2.75) is 18.9 Å². The fourth-order valence-corrected chi connectivity index (χ4v) is 4.14. The van der Waals surface area contributed by atoms with Gasteiger partial charge in [-0.05, 0) is 31.0 Å². The van der Waals surface area contributed by atoms with Crippen molar-refractivity contribution in [3.05, 3.63) is 64.4 Å². The van der Waals surface area contributed by atoms with Gasteiger partial charge in [-0.25, -0.2) is 4.98 Å². The quantitative estimate of drug-likeness (QED) is 0.487. The summed E-state index contributed by atoms with van der Waals surface area (Å²) >= 11 is 3.43. The van der Waals surface area contributed by atoms with E-state index in [1.165, 1.54) is 0 Å². The molecule has 4 aromatic rings. The fourth-order valence-electron chi connectivity index (χ4n) is 3.80. The number of nitrogens with zero attached hydrogens (tertiary/aromatic N) is 5. The minimum Gasteiger partial charge on any atom is -0.382 e. The molecule has 5 rings (SSSR count). The topological polar surface area (TPSA) is 111 Å². The first-order valence-electron chi connectivity index (χ1n) is 9.53. The van der Waals surface area contributed by atoms with E-state index >= 15 is 0 Å². The maximum Gasteiger partial charge on any atom is 0.278 e. The van der Waals surface area contributed by atoms with Gasteiger partial charge in [0.15, 0.2) is 22.9 Å². The van der Waals surface area contributed by atoms with E-state index in [9.17, 15) is 4.79 Å². The minimum atomic E-state index is -0.303. The zero-order chi connectivity index (χ0) is 20.7. The van der Waals surface area contributed by atoms with Gasteiger partial charge in [0.05, 0.1) is 6.04 Å². The molecule has 1 atom stereocenters. The molecule has 0 saturated carbocycles. The van der Waals surface area contributed by atoms with Crippen LogP contribution in [0.1, 0.15) is 35.1 Å². The second-order valence-electron chi connectivity index (χ2n) is 7.10. The molecule has 2 aromatic heterocycles. The van der Waals surface area contributed by atoms with Gasteiger partial charge < -0.3 is 15.2 Å². The maximum absolute atomic E-state index is 13.2. The van der Waals surface area contributed by atoms with Crippen LogP contribution < -0.4 is 5.73 Å². The molecule has 1 unspecified atom stereocenters. The van der Waals surface area contributed by atoms with E-state index in [1.807, 2.05) is 48.5 Å². The fraction of sp³-hybridized carbons (Fsp3) is 0.190. The molecule has 0 bridgehead atoms. The van der Waals surface area contributed by atoms with Gasteiger partial charge in [-0.3, -0.25) is 4.79 Å². The Morgan fingerprint density at radius 1 is 1.17 bits per heavy atom. The number of hydrogen-bond donors (Lipinski definition) is 1. The number of anilines is 1. The second-order valence-corrected chi connectivity index (χ2v) is 8.02. The lowest BCUT2D eigenvalue weighted by Crippen LogP contribution is -2.32. The standard InChI is InChI=1S/C21H17BrN6O2/c22-13-8-9-14-16(11-13)30-27-17(14)15-7-4-10-28(15)21(29)18-19(23)24-20(26-25-18)12-5-2-1-3-6-12/h1-3,5-6,8-9,11,15H,4,7,10H2,(H2,23,24,26). The third kappa shape index (κ3) is 3.21. The summed E-state index contributed by atoms with van der Waals surface area (Å²) in [4.78, 5) is 19.3. The Balaban J connectivity index is 1.46. The number of fused-ring (bicyclic) bond motifs is 1. The molecule has 0 spiro atoms. The van der Waals surface area contributed by atoms with Crippen molar-refractivity contribution in [3.8, 4) is 11.4 Å². The van der Waals surface area contributed by atoms with Gasteiger partial charge in [0.2, 0.25) is 0 Å². The molecule has 1 saturated heterocycles. The second kappa shape index (κ2) is 7.49. The van der Waals surface area contributed by atoms with Crippen LogP contribution in [-0.4, -0.2) is 37.7 Å². The summed E-state index contributed by atoms with van der Waals surface area (Å²) in [6.45, 7) is 0.579. The Bertz CT molecular complexity index is 1240. The number of aromatic nitrogens is 4. The summed E-state index contributed by atoms with van der Waals surface area (Å²) in [7, 11) is 0. The van der Waals surface area contributed by atoms with Gasteiger partial charge >= 0.3 is 0 Å². The van der Waals surface area contributed by atoms with E-state index in [1.54, 1.807) is 4.90 Å². The molecule has 2 aromatic carbocycles. The predicted octanol–water partition coefficient (Wildman–Crippen LogP) is 4.00. The third-order valence-electron chi connectivity index (χ3n) is 5.24. The van der Waals surface area contributed by atoms with Crippen LogP contribution in [0.2, 0.25) is 0 Å². The minimum absolute atomic E-state index is 0.0529. The first kappa shape index (κ1) is 18.7. The van der Waals surface area contributed by atoms with Crippen LogP contribution in [0.3, 0.4) is 0 Å². The molecule has 150 valence electrons. The Morgan fingerprint density at radius 3 is 2.80 bits per heavy atom. The molecule has 3 heterocycles. The molecule has 30 heavy (non-hydrogen) atoms. The average molecular weight is 465 g/mol. The highest BCUT2D eigenvalue weighted by atomic mass is 79.9. The van der Waals surface area contributed by atoms with Gasteiger partial charge in [-0.1, -0.05) is 51.4 Å². The summed E-state index contributed by atoms with van der Waals surface area (Å²) in [5.74, 6) is 0.145. The summed E-state index contributed by atoms with van der Waals surface area (Å²) < 4.78 is 6.39. The first-order valence-corrected chi connectivity index (χ1v) is 10.3. The Hall–Kier alpha value is -3.33. The molecular formula is C21H17BrN6O2. The number of hydrogen-bond acceptors (Lipinski definition) is 7. The highest BCUT2D eigenvalue weighted by Crippen LogP contribution is 2.37. The molecule has 9 heteroatoms. The van der Waals surface area contributed by atoms with Crippen LogP contribution in [0.5, 0.6) is 0 Å². The number of nitrogens with two attached hydrogens (primary N) is 1. The molecule has 0 aliphatic carbocycles. The molecule has 1 fully saturated rings. The largest absolute Gasteiger partial charge is 0.382 e. The lowest BCUT2D eigenvalue weighted by Gasteiger charge is -2.23. The molecule has 1 amide bonds. The first-order chi connectivity index (χ1) is 14.6. The number of carbonyl (C=O) groups is 1. The van der Waals surface area contributed by atoms with Crippen molar-refractivity contribution in [3.63, 3.8) is 0 Å². The summed E-state index contributed by atoms with van der Waals surface area (Å²) in [6, 6.07) is 14.9. The number of halogens is 1. The van der Waals surface area contributed by atoms with Crippen LogP contribution in [-0.2, 0) is 0 Å². The van der Waals surface area contributed by atoms with E-state index in [0.29, 0.717) is 18.0 Å². The smallest absolute Gasteiger partial charge is 0.278 e. The van der Waals surface area contributed by atoms with Crippen molar-refractivity contribution in [1.82, 2.24) is 25.2 Å². The lowest BCUT2D eigenvalue weighted by atomic mass is 10.1. The van der Waals surface area contributed by atoms with Gasteiger partial charge in [-0.2, -0.15) is 0 Å². The Labute approximate surface area is 180 Å². The normalized spacial score (nSPS) is 16.3. The van der Waals surface area contributed by atoms with Crippen LogP contribution >= 0.6 is 15.9 Å². The van der Waals surface area contributed by atoms with Crippen LogP contribution in [0.25, 0.3) is 22.4 Å². The van der Waals surface area contributed by atoms with E-state index in [-0.39, 0.29) is 23.5 Å². The molecule has 8 nitrogen and oxygen atoms in total. The molecule has 1 aliphatic rings. The maximum atomic E-state index is 13.2. The number of nitrogen functional groups attached to an aromatic ring is 1. The van der Waals surface area contributed by atoms with Gasteiger partial charge in [0.25, 0.3) is 5.91 Å². The zero-order valence-electron chi connectivity index (χ0n) is 15.8. The van der Waals surface area contributed by atoms with Crippen LogP contribution in [0, 0.1) is 0 Å². The van der Waals surface area contributed by atoms with Crippen molar-refractivity contribution in [2.24, 2.45) is 0 Å². The van der Waals surface area contributed by atoms with Crippen LogP contribution in [0.15, 0.2) is 57.5 Å². The van der Waals surface area contributed by atoms with Crippen molar-refractivity contribution in [1.29, 1.82) is 0 Å². The Kier molecular flexibility index (Phi) is 4.66. The molecular weight excluding hydrogens is 448 g/mol. The SMILES string of the molecule is Nc1nc(-c2ccccc2)nnc1C(=O)N1CCCC1c1noc2cc(Br)ccc12. The lowest BCUT2D eigenvalue weighted by molar-refractivity contribution is 0.0725. The highest BCUT2D eigenvalue weighted by molar-refractivity contribution is 9.10. The monoisotopic (exact) mass is 464 g/mol. The zero-order valence-corrected chi connectivity index (χ0v) is 17.4. The highest BCUT2D eigenvalue weighted by Gasteiger charge is 2.35. The summed E-state index contributed by atoms with van der Waals surface area (Å²) in [6.07, 6.45) is 1.64. The van der Waals surface area contributed by atoms with Crippen molar-refractivity contribution < 1.29 is 9.32 Å². The molecule has 2 N–H and O–H groups in total. The van der Waals surface area contributed by atoms with Crippen molar-refractivity contribution >= 4 is 38.6 Å². The molecule has 1 aliphatic heterocycles. The number of carbonyl (C=O) groups excluding carboxylic acids is 1. The van der Waals surface area contributed by atoms with Gasteiger partial charge in [0.1, 0.15) is 5.69 Å². The Morgan fingerprint density at radius 2 is 2.00 bits per heavy atom. The number of benzene rings is 2. The van der Waals surface area contributed by atoms with E-state index < -0.39 is 0 Å². The number of likely N-dealkylation sites (tertiary alicyclic amines) is 1. The summed E-state index contributed by atoms with van der Waals surface area (Å²) in [5, 5.41) is 13.4. The van der Waals surface area contributed by atoms with Gasteiger partial charge in [-0.15, -0.1) is 10.2 Å². The third-order valence-corrected chi connectivity index (χ3v) is 5.73. The summed E-state index contributed by atoms with van der Waals surface area (Å²) in [5.41, 5.74) is 8.35. The number of amides is 1. The molecule has 0 radical (unpaired) electrons. The number of rotatable bonds is 3. The van der Waals surface area contributed by atoms with E-state index in [4.69, 9.17) is 10.3 Å². The van der Waals surface area contributed by atoms with Crippen molar-refractivity contribution in [2.75, 3.05) is 12.3 Å². The average Bonchev–Trinajstić information content (AvgIpc) is 3.40. The predicted molar refractivity (Wildman–Crippen MR) is 114 cm³/mol. The van der Waals surface area contributed by atoms with E-state index in [0.717, 1.165) is 34.0 Å². The van der Waals surface area contributed by atoms with Gasteiger partial charge in [0, 0.05) is 22.0 Å². The van der Waals surface area contributed by atoms with E-state index in [2.05, 4.69) is 36.3 Å². The van der Waals surface area contributed by atoms with Crippen LogP contribution in [0.4, 0.5) is 5.82 Å².